The molecule has 0 spiro atoms. The average Bonchev–Trinajstić information content (AvgIpc) is 2.34. The van der Waals surface area contributed by atoms with Gasteiger partial charge >= 0.3 is 0 Å². The third kappa shape index (κ3) is 2.75. The zero-order valence-corrected chi connectivity index (χ0v) is 10.6. The van der Waals surface area contributed by atoms with E-state index < -0.39 is 0 Å². The van der Waals surface area contributed by atoms with Crippen molar-refractivity contribution in [2.24, 2.45) is 5.84 Å². The number of aryl methyl sites for hydroxylation is 1. The molecule has 2 aromatic rings. The minimum Gasteiger partial charge on any atom is -0.308 e. The fourth-order valence-electron chi connectivity index (χ4n) is 1.44. The van der Waals surface area contributed by atoms with Gasteiger partial charge in [0.15, 0.2) is 0 Å². The van der Waals surface area contributed by atoms with Crippen molar-refractivity contribution >= 4 is 17.6 Å². The molecular formula is C12H14N4S. The molecule has 3 N–H and O–H groups in total. The first-order valence-electron chi connectivity index (χ1n) is 5.25. The van der Waals surface area contributed by atoms with Crippen LogP contribution in [0.25, 0.3) is 0 Å². The molecule has 0 aliphatic rings. The fourth-order valence-corrected chi connectivity index (χ4v) is 2.39. The van der Waals surface area contributed by atoms with Crippen LogP contribution in [0.15, 0.2) is 40.3 Å². The second-order valence-electron chi connectivity index (χ2n) is 3.61. The number of hydrogen-bond acceptors (Lipinski definition) is 5. The van der Waals surface area contributed by atoms with E-state index in [2.05, 4.69) is 27.5 Å². The van der Waals surface area contributed by atoms with Gasteiger partial charge in [-0.15, -0.1) is 0 Å². The zero-order chi connectivity index (χ0) is 12.3. The number of aromatic nitrogens is 2. The van der Waals surface area contributed by atoms with Crippen molar-refractivity contribution in [2.45, 2.75) is 23.8 Å². The van der Waals surface area contributed by atoms with E-state index in [9.17, 15) is 0 Å². The Bertz CT molecular complexity index is 513. The number of nitrogens with one attached hydrogen (secondary N) is 1. The monoisotopic (exact) mass is 246 g/mol. The highest BCUT2D eigenvalue weighted by molar-refractivity contribution is 7.99. The lowest BCUT2D eigenvalue weighted by Crippen LogP contribution is -2.12. The van der Waals surface area contributed by atoms with Crippen LogP contribution < -0.4 is 11.3 Å². The summed E-state index contributed by atoms with van der Waals surface area (Å²) in [7, 11) is 0. The van der Waals surface area contributed by atoms with Crippen molar-refractivity contribution in [3.8, 4) is 0 Å². The Kier molecular flexibility index (Phi) is 3.61. The first-order valence-corrected chi connectivity index (χ1v) is 6.07. The topological polar surface area (TPSA) is 63.8 Å². The van der Waals surface area contributed by atoms with Gasteiger partial charge in [-0.3, -0.25) is 0 Å². The lowest BCUT2D eigenvalue weighted by molar-refractivity contribution is 0.935. The Morgan fingerprint density at radius 2 is 1.82 bits per heavy atom. The summed E-state index contributed by atoms with van der Waals surface area (Å²) in [4.78, 5) is 9.82. The number of nitrogen functional groups attached to an aromatic ring is 1. The minimum atomic E-state index is 0.677. The summed E-state index contributed by atoms with van der Waals surface area (Å²) >= 11 is 1.61. The average molecular weight is 246 g/mol. The summed E-state index contributed by atoms with van der Waals surface area (Å²) in [5, 5.41) is 0.927. The van der Waals surface area contributed by atoms with E-state index in [1.807, 2.05) is 32.0 Å². The van der Waals surface area contributed by atoms with E-state index in [-0.39, 0.29) is 0 Å². The maximum Gasteiger partial charge on any atom is 0.147 e. The number of rotatable bonds is 3. The Morgan fingerprint density at radius 3 is 2.47 bits per heavy atom. The first-order chi connectivity index (χ1) is 8.20. The molecule has 1 aromatic carbocycles. The SMILES string of the molecule is Cc1nc(NN)c(C)c(Sc2ccccc2)n1. The summed E-state index contributed by atoms with van der Waals surface area (Å²) in [6.07, 6.45) is 0. The first kappa shape index (κ1) is 11.9. The van der Waals surface area contributed by atoms with Crippen molar-refractivity contribution in [2.75, 3.05) is 5.43 Å². The Hall–Kier alpha value is -1.59. The predicted molar refractivity (Wildman–Crippen MR) is 69.9 cm³/mol. The van der Waals surface area contributed by atoms with Crippen molar-refractivity contribution in [3.63, 3.8) is 0 Å². The van der Waals surface area contributed by atoms with E-state index >= 15 is 0 Å². The highest BCUT2D eigenvalue weighted by atomic mass is 32.2. The molecule has 0 aliphatic carbocycles. The summed E-state index contributed by atoms with van der Waals surface area (Å²) in [6, 6.07) is 10.1. The number of anilines is 1. The smallest absolute Gasteiger partial charge is 0.147 e. The molecule has 17 heavy (non-hydrogen) atoms. The minimum absolute atomic E-state index is 0.677. The molecule has 1 heterocycles. The Balaban J connectivity index is 2.36. The van der Waals surface area contributed by atoms with Crippen LogP contribution in [-0.2, 0) is 0 Å². The van der Waals surface area contributed by atoms with E-state index in [0.29, 0.717) is 11.6 Å². The fraction of sp³-hybridized carbons (Fsp3) is 0.167. The second-order valence-corrected chi connectivity index (χ2v) is 4.67. The Morgan fingerprint density at radius 1 is 1.12 bits per heavy atom. The van der Waals surface area contributed by atoms with Crippen LogP contribution in [0.2, 0.25) is 0 Å². The van der Waals surface area contributed by atoms with E-state index in [1.54, 1.807) is 11.8 Å². The molecular weight excluding hydrogens is 232 g/mol. The molecule has 0 atom stereocenters. The predicted octanol–water partition coefficient (Wildman–Crippen LogP) is 2.53. The maximum absolute atomic E-state index is 5.43. The Labute approximate surface area is 105 Å². The summed E-state index contributed by atoms with van der Waals surface area (Å²) in [5.74, 6) is 6.82. The van der Waals surface area contributed by atoms with Crippen LogP contribution in [0.4, 0.5) is 5.82 Å². The van der Waals surface area contributed by atoms with Crippen LogP contribution in [0.3, 0.4) is 0 Å². The van der Waals surface area contributed by atoms with Crippen LogP contribution in [-0.4, -0.2) is 9.97 Å². The quantitative estimate of drug-likeness (QED) is 0.495. The van der Waals surface area contributed by atoms with Crippen molar-refractivity contribution < 1.29 is 0 Å². The van der Waals surface area contributed by atoms with Gasteiger partial charge in [-0.25, -0.2) is 15.8 Å². The van der Waals surface area contributed by atoms with Gasteiger partial charge in [0.25, 0.3) is 0 Å². The largest absolute Gasteiger partial charge is 0.308 e. The molecule has 0 bridgehead atoms. The number of nitrogens with two attached hydrogens (primary N) is 1. The molecule has 0 amide bonds. The van der Waals surface area contributed by atoms with Gasteiger partial charge in [0.2, 0.25) is 0 Å². The molecule has 0 radical (unpaired) electrons. The van der Waals surface area contributed by atoms with E-state index in [1.165, 1.54) is 0 Å². The van der Waals surface area contributed by atoms with Gasteiger partial charge in [0, 0.05) is 10.5 Å². The number of benzene rings is 1. The summed E-state index contributed by atoms with van der Waals surface area (Å²) < 4.78 is 0. The molecule has 1 aromatic heterocycles. The molecule has 0 fully saturated rings. The molecule has 88 valence electrons. The van der Waals surface area contributed by atoms with Crippen LogP contribution >= 0.6 is 11.8 Å². The number of nitrogens with zero attached hydrogens (tertiary/aromatic N) is 2. The summed E-state index contributed by atoms with van der Waals surface area (Å²) in [5.41, 5.74) is 3.56. The number of hydrogen-bond donors (Lipinski definition) is 2. The third-order valence-corrected chi connectivity index (χ3v) is 3.41. The molecule has 0 unspecified atom stereocenters. The van der Waals surface area contributed by atoms with Gasteiger partial charge < -0.3 is 5.43 Å². The van der Waals surface area contributed by atoms with Crippen molar-refractivity contribution in [3.05, 3.63) is 41.7 Å². The van der Waals surface area contributed by atoms with Crippen LogP contribution in [0.5, 0.6) is 0 Å². The van der Waals surface area contributed by atoms with Gasteiger partial charge in [-0.2, -0.15) is 0 Å². The normalized spacial score (nSPS) is 10.3. The molecule has 2 rings (SSSR count). The lowest BCUT2D eigenvalue weighted by Gasteiger charge is -2.09. The molecule has 0 saturated carbocycles. The molecule has 4 nitrogen and oxygen atoms in total. The molecule has 0 aliphatic heterocycles. The third-order valence-electron chi connectivity index (χ3n) is 2.31. The van der Waals surface area contributed by atoms with Gasteiger partial charge in [-0.1, -0.05) is 30.0 Å². The molecule has 5 heteroatoms. The maximum atomic E-state index is 5.43. The molecule has 0 saturated heterocycles. The summed E-state index contributed by atoms with van der Waals surface area (Å²) in [6.45, 7) is 3.81. The second kappa shape index (κ2) is 5.16. The van der Waals surface area contributed by atoms with Gasteiger partial charge in [0.05, 0.1) is 0 Å². The highest BCUT2D eigenvalue weighted by Gasteiger charge is 2.09. The van der Waals surface area contributed by atoms with Crippen molar-refractivity contribution in [1.29, 1.82) is 0 Å². The van der Waals surface area contributed by atoms with Crippen LogP contribution in [0.1, 0.15) is 11.4 Å². The van der Waals surface area contributed by atoms with Crippen molar-refractivity contribution in [1.82, 2.24) is 9.97 Å². The highest BCUT2D eigenvalue weighted by Crippen LogP contribution is 2.30. The van der Waals surface area contributed by atoms with Gasteiger partial charge in [-0.05, 0) is 26.0 Å². The lowest BCUT2D eigenvalue weighted by atomic mass is 10.3. The number of hydrazine groups is 1. The van der Waals surface area contributed by atoms with Crippen LogP contribution in [0, 0.1) is 13.8 Å². The standard InChI is InChI=1S/C12H14N4S/c1-8-11(16-13)14-9(2)15-12(8)17-10-6-4-3-5-7-10/h3-7H,13H2,1-2H3,(H,14,15,16). The van der Waals surface area contributed by atoms with E-state index in [0.717, 1.165) is 15.5 Å². The van der Waals surface area contributed by atoms with Gasteiger partial charge in [0.1, 0.15) is 16.7 Å². The van der Waals surface area contributed by atoms with E-state index in [4.69, 9.17) is 5.84 Å². The zero-order valence-electron chi connectivity index (χ0n) is 9.77.